The standard InChI is InChI=1S/C13H15ClN4O3/c1-2-21-12(19)8-17-13(20)18(15)11(16-17)7-9-3-5-10(14)6-4-9/h3-6H,2,7-8,15H2,1H3. The summed E-state index contributed by atoms with van der Waals surface area (Å²) in [5.74, 6) is 5.50. The van der Waals surface area contributed by atoms with Crippen molar-refractivity contribution in [3.63, 3.8) is 0 Å². The van der Waals surface area contributed by atoms with Crippen molar-refractivity contribution in [2.45, 2.75) is 19.9 Å². The Labute approximate surface area is 125 Å². The maximum absolute atomic E-state index is 11.9. The molecule has 0 spiro atoms. The van der Waals surface area contributed by atoms with Gasteiger partial charge >= 0.3 is 11.7 Å². The van der Waals surface area contributed by atoms with Crippen molar-refractivity contribution in [1.29, 1.82) is 0 Å². The largest absolute Gasteiger partial charge is 0.465 e. The van der Waals surface area contributed by atoms with Crippen molar-refractivity contribution in [3.8, 4) is 0 Å². The van der Waals surface area contributed by atoms with E-state index in [1.165, 1.54) is 0 Å². The van der Waals surface area contributed by atoms with Gasteiger partial charge in [0.25, 0.3) is 0 Å². The van der Waals surface area contributed by atoms with E-state index in [-0.39, 0.29) is 13.2 Å². The predicted molar refractivity (Wildman–Crippen MR) is 77.5 cm³/mol. The van der Waals surface area contributed by atoms with Gasteiger partial charge < -0.3 is 10.6 Å². The molecule has 1 aromatic heterocycles. The van der Waals surface area contributed by atoms with E-state index in [0.29, 0.717) is 17.3 Å². The van der Waals surface area contributed by atoms with E-state index in [1.54, 1.807) is 19.1 Å². The highest BCUT2D eigenvalue weighted by molar-refractivity contribution is 6.30. The van der Waals surface area contributed by atoms with Gasteiger partial charge in [0.1, 0.15) is 6.54 Å². The van der Waals surface area contributed by atoms with Crippen LogP contribution in [0.1, 0.15) is 18.3 Å². The van der Waals surface area contributed by atoms with Gasteiger partial charge in [0.05, 0.1) is 6.61 Å². The SMILES string of the molecule is CCOC(=O)Cn1nc(Cc2ccc(Cl)cc2)n(N)c1=O. The lowest BCUT2D eigenvalue weighted by Gasteiger charge is -2.00. The molecule has 0 saturated carbocycles. The fourth-order valence-electron chi connectivity index (χ4n) is 1.80. The topological polar surface area (TPSA) is 92.1 Å². The lowest BCUT2D eigenvalue weighted by Crippen LogP contribution is -2.32. The van der Waals surface area contributed by atoms with E-state index in [0.717, 1.165) is 14.9 Å². The van der Waals surface area contributed by atoms with Crippen LogP contribution in [0.5, 0.6) is 0 Å². The summed E-state index contributed by atoms with van der Waals surface area (Å²) < 4.78 is 6.69. The van der Waals surface area contributed by atoms with E-state index in [2.05, 4.69) is 5.10 Å². The number of nitrogens with zero attached hydrogens (tertiary/aromatic N) is 3. The second-order valence-corrected chi connectivity index (χ2v) is 4.77. The Kier molecular flexibility index (Phi) is 4.64. The van der Waals surface area contributed by atoms with Gasteiger partial charge in [-0.15, -0.1) is 0 Å². The van der Waals surface area contributed by atoms with E-state index < -0.39 is 11.7 Å². The van der Waals surface area contributed by atoms with Crippen LogP contribution in [0.2, 0.25) is 5.02 Å². The summed E-state index contributed by atoms with van der Waals surface area (Å²) in [4.78, 5) is 23.3. The number of hydrogen-bond donors (Lipinski definition) is 1. The Hall–Kier alpha value is -2.28. The summed E-state index contributed by atoms with van der Waals surface area (Å²) in [6.45, 7) is 1.67. The van der Waals surface area contributed by atoms with Gasteiger partial charge in [0.15, 0.2) is 5.82 Å². The molecule has 21 heavy (non-hydrogen) atoms. The summed E-state index contributed by atoms with van der Waals surface area (Å²) >= 11 is 5.81. The molecule has 1 heterocycles. The molecule has 0 unspecified atom stereocenters. The molecule has 1 aromatic carbocycles. The zero-order valence-corrected chi connectivity index (χ0v) is 12.2. The molecule has 0 bridgehead atoms. The van der Waals surface area contributed by atoms with Crippen LogP contribution in [0.15, 0.2) is 29.1 Å². The van der Waals surface area contributed by atoms with Crippen LogP contribution in [0.3, 0.4) is 0 Å². The van der Waals surface area contributed by atoms with Crippen molar-refractivity contribution in [1.82, 2.24) is 14.5 Å². The van der Waals surface area contributed by atoms with Gasteiger partial charge in [-0.25, -0.2) is 9.48 Å². The highest BCUT2D eigenvalue weighted by Crippen LogP contribution is 2.11. The number of hydrogen-bond acceptors (Lipinski definition) is 5. The zero-order valence-electron chi connectivity index (χ0n) is 11.5. The number of aromatic nitrogens is 3. The van der Waals surface area contributed by atoms with Gasteiger partial charge in [0, 0.05) is 11.4 Å². The van der Waals surface area contributed by atoms with Crippen LogP contribution in [-0.4, -0.2) is 27.0 Å². The Morgan fingerprint density at radius 2 is 2.05 bits per heavy atom. The number of rotatable bonds is 5. The quantitative estimate of drug-likeness (QED) is 0.643. The molecule has 0 saturated heterocycles. The third kappa shape index (κ3) is 3.63. The van der Waals surface area contributed by atoms with E-state index >= 15 is 0 Å². The molecule has 0 aliphatic heterocycles. The molecule has 112 valence electrons. The first kappa shape index (κ1) is 15.1. The third-order valence-electron chi connectivity index (χ3n) is 2.80. The Bertz CT molecular complexity index is 690. The van der Waals surface area contributed by atoms with E-state index in [9.17, 15) is 9.59 Å². The lowest BCUT2D eigenvalue weighted by atomic mass is 10.1. The summed E-state index contributed by atoms with van der Waals surface area (Å²) in [6.07, 6.45) is 0.360. The van der Waals surface area contributed by atoms with Crippen LogP contribution in [0.25, 0.3) is 0 Å². The third-order valence-corrected chi connectivity index (χ3v) is 3.05. The van der Waals surface area contributed by atoms with E-state index in [4.69, 9.17) is 22.2 Å². The number of esters is 1. The smallest absolute Gasteiger partial charge is 0.365 e. The van der Waals surface area contributed by atoms with E-state index in [1.807, 2.05) is 12.1 Å². The molecular weight excluding hydrogens is 296 g/mol. The summed E-state index contributed by atoms with van der Waals surface area (Å²) in [6, 6.07) is 7.12. The van der Waals surface area contributed by atoms with Gasteiger partial charge in [-0.1, -0.05) is 23.7 Å². The van der Waals surface area contributed by atoms with Crippen LogP contribution in [0, 0.1) is 0 Å². The zero-order chi connectivity index (χ0) is 15.4. The van der Waals surface area contributed by atoms with Crippen molar-refractivity contribution in [2.24, 2.45) is 0 Å². The number of nitrogen functional groups attached to an aromatic ring is 1. The molecule has 2 aromatic rings. The molecule has 0 atom stereocenters. The number of ether oxygens (including phenoxy) is 1. The number of carbonyl (C=O) groups is 1. The normalized spacial score (nSPS) is 10.6. The average Bonchev–Trinajstić information content (AvgIpc) is 2.70. The monoisotopic (exact) mass is 310 g/mol. The lowest BCUT2D eigenvalue weighted by molar-refractivity contribution is -0.144. The molecule has 2 rings (SSSR count). The second kappa shape index (κ2) is 6.45. The number of halogens is 1. The second-order valence-electron chi connectivity index (χ2n) is 4.33. The first-order chi connectivity index (χ1) is 10.0. The van der Waals surface area contributed by atoms with Crippen LogP contribution in [0.4, 0.5) is 0 Å². The molecule has 0 fully saturated rings. The Balaban J connectivity index is 2.19. The minimum Gasteiger partial charge on any atom is -0.465 e. The molecule has 2 N–H and O–H groups in total. The maximum atomic E-state index is 11.9. The van der Waals surface area contributed by atoms with Crippen molar-refractivity contribution >= 4 is 17.6 Å². The van der Waals surface area contributed by atoms with Gasteiger partial charge in [0.2, 0.25) is 0 Å². The fourth-order valence-corrected chi connectivity index (χ4v) is 1.93. The number of benzene rings is 1. The van der Waals surface area contributed by atoms with Crippen LogP contribution in [-0.2, 0) is 22.5 Å². The summed E-state index contributed by atoms with van der Waals surface area (Å²) in [7, 11) is 0. The van der Waals surface area contributed by atoms with Crippen molar-refractivity contribution < 1.29 is 9.53 Å². The Morgan fingerprint density at radius 3 is 2.67 bits per heavy atom. The average molecular weight is 311 g/mol. The number of carbonyl (C=O) groups excluding carboxylic acids is 1. The first-order valence-electron chi connectivity index (χ1n) is 6.35. The fraction of sp³-hybridized carbons (Fsp3) is 0.308. The Morgan fingerprint density at radius 1 is 1.38 bits per heavy atom. The first-order valence-corrected chi connectivity index (χ1v) is 6.73. The van der Waals surface area contributed by atoms with Gasteiger partial charge in [-0.2, -0.15) is 9.77 Å². The molecule has 0 aliphatic rings. The molecular formula is C13H15ClN4O3. The molecule has 0 aliphatic carbocycles. The summed E-state index contributed by atoms with van der Waals surface area (Å²) in [5, 5.41) is 4.68. The molecule has 0 radical (unpaired) electrons. The molecule has 7 nitrogen and oxygen atoms in total. The van der Waals surface area contributed by atoms with Crippen LogP contribution >= 0.6 is 11.6 Å². The van der Waals surface area contributed by atoms with Crippen molar-refractivity contribution in [2.75, 3.05) is 12.4 Å². The molecule has 8 heteroatoms. The minimum absolute atomic E-state index is 0.245. The highest BCUT2D eigenvalue weighted by atomic mass is 35.5. The maximum Gasteiger partial charge on any atom is 0.365 e. The molecule has 0 amide bonds. The van der Waals surface area contributed by atoms with Gasteiger partial charge in [-0.05, 0) is 24.6 Å². The van der Waals surface area contributed by atoms with Crippen LogP contribution < -0.4 is 11.5 Å². The van der Waals surface area contributed by atoms with Crippen molar-refractivity contribution in [3.05, 3.63) is 51.2 Å². The minimum atomic E-state index is -0.563. The van der Waals surface area contributed by atoms with Gasteiger partial charge in [-0.3, -0.25) is 4.79 Å². The predicted octanol–water partition coefficient (Wildman–Crippen LogP) is 0.566. The summed E-state index contributed by atoms with van der Waals surface area (Å²) in [5.41, 5.74) is 0.339. The highest BCUT2D eigenvalue weighted by Gasteiger charge is 2.14. The number of nitrogens with two attached hydrogens (primary N) is 1.